The van der Waals surface area contributed by atoms with E-state index in [1.165, 1.54) is 6.26 Å². The average molecular weight is 284 g/mol. The van der Waals surface area contributed by atoms with Gasteiger partial charge >= 0.3 is 5.97 Å². The minimum atomic E-state index is -0.647. The molecule has 0 saturated carbocycles. The van der Waals surface area contributed by atoms with Gasteiger partial charge < -0.3 is 14.2 Å². The highest BCUT2D eigenvalue weighted by Gasteiger charge is 2.57. The summed E-state index contributed by atoms with van der Waals surface area (Å²) in [5, 5.41) is 0. The van der Waals surface area contributed by atoms with Crippen LogP contribution < -0.4 is 0 Å². The molecule has 21 heavy (non-hydrogen) atoms. The number of carbonyl (C=O) groups excluding carboxylic acids is 1. The summed E-state index contributed by atoms with van der Waals surface area (Å²) in [6.45, 7) is 0.535. The van der Waals surface area contributed by atoms with Gasteiger partial charge in [-0.15, -0.1) is 0 Å². The summed E-state index contributed by atoms with van der Waals surface area (Å²) in [6, 6.07) is 10.0. The van der Waals surface area contributed by atoms with Crippen molar-refractivity contribution in [3.63, 3.8) is 0 Å². The first kappa shape index (κ1) is 12.8. The lowest BCUT2D eigenvalue weighted by molar-refractivity contribution is -0.145. The molecular formula is C17H16O4. The summed E-state index contributed by atoms with van der Waals surface area (Å²) < 4.78 is 16.9. The monoisotopic (exact) mass is 284 g/mol. The highest BCUT2D eigenvalue weighted by atomic mass is 16.6. The fourth-order valence-electron chi connectivity index (χ4n) is 3.24. The maximum Gasteiger partial charge on any atom is 0.323 e. The maximum atomic E-state index is 12.0. The Morgan fingerprint density at radius 3 is 2.86 bits per heavy atom. The van der Waals surface area contributed by atoms with Gasteiger partial charge in [0.2, 0.25) is 0 Å². The normalized spacial score (nSPS) is 36.4. The molecule has 0 N–H and O–H groups in total. The number of benzene rings is 1. The van der Waals surface area contributed by atoms with E-state index in [0.29, 0.717) is 13.0 Å². The molecule has 1 saturated heterocycles. The Morgan fingerprint density at radius 2 is 2.10 bits per heavy atom. The number of hydrogen-bond donors (Lipinski definition) is 0. The molecule has 1 aromatic carbocycles. The summed E-state index contributed by atoms with van der Waals surface area (Å²) in [7, 11) is 0. The number of ether oxygens (including phenoxy) is 3. The molecule has 3 aliphatic heterocycles. The predicted molar refractivity (Wildman–Crippen MR) is 75.1 cm³/mol. The third-order valence-electron chi connectivity index (χ3n) is 4.42. The van der Waals surface area contributed by atoms with Crippen LogP contribution in [0, 0.1) is 5.41 Å². The quantitative estimate of drug-likeness (QED) is 0.631. The first-order valence-corrected chi connectivity index (χ1v) is 7.16. The zero-order valence-corrected chi connectivity index (χ0v) is 11.5. The van der Waals surface area contributed by atoms with Crippen molar-refractivity contribution in [1.82, 2.24) is 0 Å². The first-order valence-electron chi connectivity index (χ1n) is 7.16. The largest absolute Gasteiger partial charge is 0.434 e. The molecule has 1 aromatic rings. The Balaban J connectivity index is 1.47. The third kappa shape index (κ3) is 2.03. The Hall–Kier alpha value is -1.91. The lowest BCUT2D eigenvalue weighted by atomic mass is 9.81. The Labute approximate surface area is 123 Å². The van der Waals surface area contributed by atoms with E-state index >= 15 is 0 Å². The minimum Gasteiger partial charge on any atom is -0.434 e. The summed E-state index contributed by atoms with van der Waals surface area (Å²) in [6.07, 6.45) is 7.39. The number of hydrogen-bond acceptors (Lipinski definition) is 4. The molecule has 0 radical (unpaired) electrons. The summed E-state index contributed by atoms with van der Waals surface area (Å²) >= 11 is 0. The maximum absolute atomic E-state index is 12.0. The van der Waals surface area contributed by atoms with Crippen LogP contribution in [-0.4, -0.2) is 24.3 Å². The molecule has 4 rings (SSSR count). The Bertz CT molecular complexity index is 606. The van der Waals surface area contributed by atoms with Crippen molar-refractivity contribution in [2.75, 3.05) is 0 Å². The summed E-state index contributed by atoms with van der Waals surface area (Å²) in [5.74, 6) is -0.219. The van der Waals surface area contributed by atoms with E-state index in [4.69, 9.17) is 14.2 Å². The molecule has 4 nitrogen and oxygen atoms in total. The molecule has 4 heteroatoms. The molecule has 3 aliphatic rings. The van der Waals surface area contributed by atoms with E-state index in [0.717, 1.165) is 5.56 Å². The van der Waals surface area contributed by atoms with Crippen molar-refractivity contribution >= 4 is 5.97 Å². The molecule has 0 amide bonds. The van der Waals surface area contributed by atoms with Crippen LogP contribution in [0.25, 0.3) is 0 Å². The SMILES string of the molecule is O=C1OC=C[C@]12CC1OC2C=CC1OCc1ccccc1. The van der Waals surface area contributed by atoms with Crippen molar-refractivity contribution in [3.8, 4) is 0 Å². The molecule has 2 bridgehead atoms. The minimum absolute atomic E-state index is 0.0981. The van der Waals surface area contributed by atoms with Gasteiger partial charge in [-0.3, -0.25) is 4.79 Å². The van der Waals surface area contributed by atoms with Crippen LogP contribution in [0.5, 0.6) is 0 Å². The highest BCUT2D eigenvalue weighted by Crippen LogP contribution is 2.48. The van der Waals surface area contributed by atoms with Gasteiger partial charge in [-0.05, 0) is 18.1 Å². The highest BCUT2D eigenvalue weighted by molar-refractivity contribution is 5.83. The number of esters is 1. The van der Waals surface area contributed by atoms with E-state index in [1.54, 1.807) is 0 Å². The molecular weight excluding hydrogens is 268 g/mol. The van der Waals surface area contributed by atoms with E-state index in [9.17, 15) is 4.79 Å². The molecule has 3 unspecified atom stereocenters. The van der Waals surface area contributed by atoms with Crippen LogP contribution >= 0.6 is 0 Å². The Kier molecular flexibility index (Phi) is 2.94. The topological polar surface area (TPSA) is 44.8 Å². The second-order valence-corrected chi connectivity index (χ2v) is 5.69. The van der Waals surface area contributed by atoms with Gasteiger partial charge in [0.05, 0.1) is 25.1 Å². The van der Waals surface area contributed by atoms with Gasteiger partial charge in [-0.1, -0.05) is 42.5 Å². The molecule has 108 valence electrons. The zero-order valence-electron chi connectivity index (χ0n) is 11.5. The number of fused-ring (bicyclic) bond motifs is 3. The molecule has 1 fully saturated rings. The van der Waals surface area contributed by atoms with Crippen molar-refractivity contribution in [2.45, 2.75) is 31.3 Å². The molecule has 4 atom stereocenters. The zero-order chi connectivity index (χ0) is 14.3. The number of cyclic esters (lactones) is 1. The molecule has 0 aliphatic carbocycles. The average Bonchev–Trinajstić information content (AvgIpc) is 3.02. The fraction of sp³-hybridized carbons (Fsp3) is 0.353. The first-order chi connectivity index (χ1) is 10.3. The predicted octanol–water partition coefficient (Wildman–Crippen LogP) is 2.36. The molecule has 0 aromatic heterocycles. The second-order valence-electron chi connectivity index (χ2n) is 5.69. The van der Waals surface area contributed by atoms with Crippen LogP contribution in [0.2, 0.25) is 0 Å². The lowest BCUT2D eigenvalue weighted by Crippen LogP contribution is -2.34. The van der Waals surface area contributed by atoms with Gasteiger partial charge in [0, 0.05) is 0 Å². The van der Waals surface area contributed by atoms with Gasteiger partial charge in [0.25, 0.3) is 0 Å². The van der Waals surface area contributed by atoms with E-state index in [1.807, 2.05) is 48.6 Å². The van der Waals surface area contributed by atoms with Crippen LogP contribution in [0.3, 0.4) is 0 Å². The van der Waals surface area contributed by atoms with Crippen LogP contribution in [0.4, 0.5) is 0 Å². The third-order valence-corrected chi connectivity index (χ3v) is 4.42. The van der Waals surface area contributed by atoms with Gasteiger partial charge in [0.1, 0.15) is 11.5 Å². The van der Waals surface area contributed by atoms with Gasteiger partial charge in [0.15, 0.2) is 0 Å². The Morgan fingerprint density at radius 1 is 1.24 bits per heavy atom. The molecule has 3 heterocycles. The summed E-state index contributed by atoms with van der Waals surface area (Å²) in [5.41, 5.74) is 0.479. The summed E-state index contributed by atoms with van der Waals surface area (Å²) in [4.78, 5) is 12.0. The van der Waals surface area contributed by atoms with Gasteiger partial charge in [-0.25, -0.2) is 0 Å². The van der Waals surface area contributed by atoms with E-state index < -0.39 is 5.41 Å². The fourth-order valence-corrected chi connectivity index (χ4v) is 3.24. The molecule has 1 spiro atoms. The van der Waals surface area contributed by atoms with Crippen LogP contribution in [-0.2, 0) is 25.6 Å². The second kappa shape index (κ2) is 4.83. The van der Waals surface area contributed by atoms with Crippen molar-refractivity contribution in [1.29, 1.82) is 0 Å². The van der Waals surface area contributed by atoms with Gasteiger partial charge in [-0.2, -0.15) is 0 Å². The lowest BCUT2D eigenvalue weighted by Gasteiger charge is -2.25. The van der Waals surface area contributed by atoms with Crippen LogP contribution in [0.15, 0.2) is 54.8 Å². The van der Waals surface area contributed by atoms with Crippen molar-refractivity contribution < 1.29 is 19.0 Å². The van der Waals surface area contributed by atoms with Crippen molar-refractivity contribution in [3.05, 3.63) is 60.4 Å². The number of carbonyl (C=O) groups is 1. The van der Waals surface area contributed by atoms with E-state index in [2.05, 4.69) is 0 Å². The van der Waals surface area contributed by atoms with Crippen LogP contribution in [0.1, 0.15) is 12.0 Å². The smallest absolute Gasteiger partial charge is 0.323 e. The van der Waals surface area contributed by atoms with Crippen molar-refractivity contribution in [2.24, 2.45) is 5.41 Å². The van der Waals surface area contributed by atoms with E-state index in [-0.39, 0.29) is 24.3 Å². The number of rotatable bonds is 3. The standard InChI is InChI=1S/C17H16O4/c18-16-17(8-9-19-16)10-14-13(6-7-15(17)21-14)20-11-12-4-2-1-3-5-12/h1-9,13-15H,10-11H2/t13?,14?,15?,17-/m1/s1.